The Labute approximate surface area is 123 Å². The third-order valence-electron chi connectivity index (χ3n) is 4.12. The van der Waals surface area contributed by atoms with Gasteiger partial charge in [-0.3, -0.25) is 0 Å². The van der Waals surface area contributed by atoms with Crippen LogP contribution in [-0.4, -0.2) is 12.1 Å². The molecule has 0 aromatic heterocycles. The minimum Gasteiger partial charge on any atom is -0.491 e. The van der Waals surface area contributed by atoms with Gasteiger partial charge in [-0.2, -0.15) is 0 Å². The lowest BCUT2D eigenvalue weighted by Crippen LogP contribution is -2.27. The summed E-state index contributed by atoms with van der Waals surface area (Å²) in [5, 5.41) is 3.72. The summed E-state index contributed by atoms with van der Waals surface area (Å²) in [6.07, 6.45) is 7.02. The zero-order valence-electron chi connectivity index (χ0n) is 13.2. The maximum atomic E-state index is 5.75. The summed E-state index contributed by atoms with van der Waals surface area (Å²) in [4.78, 5) is 0. The van der Waals surface area contributed by atoms with Gasteiger partial charge in [0.15, 0.2) is 0 Å². The average Bonchev–Trinajstić information content (AvgIpc) is 2.61. The van der Waals surface area contributed by atoms with E-state index in [1.165, 1.54) is 37.7 Å². The maximum Gasteiger partial charge on any atom is 0.120 e. The monoisotopic (exact) mass is 275 g/mol. The van der Waals surface area contributed by atoms with Crippen molar-refractivity contribution in [1.29, 1.82) is 0 Å². The first-order valence-corrected chi connectivity index (χ1v) is 8.12. The summed E-state index contributed by atoms with van der Waals surface area (Å²) in [6.45, 7) is 7.47. The molecule has 2 unspecified atom stereocenters. The van der Waals surface area contributed by atoms with Crippen LogP contribution in [0.4, 0.5) is 0 Å². The molecule has 2 heteroatoms. The first-order chi connectivity index (χ1) is 9.63. The fourth-order valence-corrected chi connectivity index (χ4v) is 2.95. The Bertz CT molecular complexity index is 402. The lowest BCUT2D eigenvalue weighted by atomic mass is 10.0. The highest BCUT2D eigenvalue weighted by atomic mass is 16.5. The summed E-state index contributed by atoms with van der Waals surface area (Å²) in [5.74, 6) is 1.89. The molecule has 1 fully saturated rings. The molecular weight excluding hydrogens is 246 g/mol. The van der Waals surface area contributed by atoms with Gasteiger partial charge in [-0.1, -0.05) is 31.9 Å². The zero-order valence-corrected chi connectivity index (χ0v) is 13.2. The van der Waals surface area contributed by atoms with Crippen molar-refractivity contribution in [2.45, 2.75) is 71.6 Å². The van der Waals surface area contributed by atoms with Gasteiger partial charge in [-0.05, 0) is 56.7 Å². The van der Waals surface area contributed by atoms with Crippen LogP contribution < -0.4 is 10.1 Å². The molecule has 2 atom stereocenters. The van der Waals surface area contributed by atoms with E-state index in [9.17, 15) is 0 Å². The highest BCUT2D eigenvalue weighted by Crippen LogP contribution is 2.23. The van der Waals surface area contributed by atoms with Crippen LogP contribution in [0.1, 0.15) is 58.4 Å². The summed E-state index contributed by atoms with van der Waals surface area (Å²) >= 11 is 0. The molecule has 1 N–H and O–H groups in total. The van der Waals surface area contributed by atoms with Crippen LogP contribution in [0.25, 0.3) is 0 Å². The second-order valence-electron chi connectivity index (χ2n) is 6.51. The predicted octanol–water partition coefficient (Wildman–Crippen LogP) is 4.53. The molecule has 1 aromatic rings. The van der Waals surface area contributed by atoms with E-state index in [0.29, 0.717) is 6.04 Å². The minimum absolute atomic E-state index is 0.238. The molecular formula is C18H29NO. The van der Waals surface area contributed by atoms with Crippen molar-refractivity contribution in [3.8, 4) is 5.75 Å². The third-order valence-corrected chi connectivity index (χ3v) is 4.12. The van der Waals surface area contributed by atoms with Crippen molar-refractivity contribution < 1.29 is 4.74 Å². The van der Waals surface area contributed by atoms with Crippen LogP contribution >= 0.6 is 0 Å². The molecule has 0 amide bonds. The number of hydrogen-bond donors (Lipinski definition) is 1. The van der Waals surface area contributed by atoms with Crippen LogP contribution in [0.3, 0.4) is 0 Å². The molecule has 112 valence electrons. The Kier molecular flexibility index (Phi) is 5.90. The van der Waals surface area contributed by atoms with Gasteiger partial charge in [0.2, 0.25) is 0 Å². The number of nitrogens with one attached hydrogen (secondary N) is 1. The van der Waals surface area contributed by atoms with E-state index in [2.05, 4.69) is 44.3 Å². The number of benzene rings is 1. The highest BCUT2D eigenvalue weighted by molar-refractivity contribution is 5.28. The van der Waals surface area contributed by atoms with E-state index >= 15 is 0 Å². The average molecular weight is 275 g/mol. The van der Waals surface area contributed by atoms with E-state index < -0.39 is 0 Å². The van der Waals surface area contributed by atoms with Crippen molar-refractivity contribution >= 4 is 0 Å². The number of ether oxygens (including phenoxy) is 1. The SMILES string of the molecule is CC1CCCC(NCc2cccc(OC(C)C)c2)CC1. The molecule has 0 saturated heterocycles. The summed E-state index contributed by atoms with van der Waals surface area (Å²) < 4.78 is 5.75. The van der Waals surface area contributed by atoms with Gasteiger partial charge in [0, 0.05) is 12.6 Å². The minimum atomic E-state index is 0.238. The Morgan fingerprint density at radius 2 is 2.05 bits per heavy atom. The largest absolute Gasteiger partial charge is 0.491 e. The Hall–Kier alpha value is -1.02. The van der Waals surface area contributed by atoms with E-state index in [0.717, 1.165) is 18.2 Å². The second kappa shape index (κ2) is 7.68. The van der Waals surface area contributed by atoms with Gasteiger partial charge < -0.3 is 10.1 Å². The molecule has 0 aliphatic heterocycles. The van der Waals surface area contributed by atoms with E-state index in [1.807, 2.05) is 6.07 Å². The molecule has 1 aliphatic rings. The maximum absolute atomic E-state index is 5.75. The summed E-state index contributed by atoms with van der Waals surface area (Å²) in [6, 6.07) is 9.15. The normalized spacial score (nSPS) is 23.6. The van der Waals surface area contributed by atoms with Crippen LogP contribution in [0.2, 0.25) is 0 Å². The second-order valence-corrected chi connectivity index (χ2v) is 6.51. The summed E-state index contributed by atoms with van der Waals surface area (Å²) in [7, 11) is 0. The van der Waals surface area contributed by atoms with Crippen LogP contribution in [0.15, 0.2) is 24.3 Å². The highest BCUT2D eigenvalue weighted by Gasteiger charge is 2.15. The van der Waals surface area contributed by atoms with Crippen LogP contribution in [0.5, 0.6) is 5.75 Å². The van der Waals surface area contributed by atoms with Crippen molar-refractivity contribution in [3.05, 3.63) is 29.8 Å². The van der Waals surface area contributed by atoms with Crippen molar-refractivity contribution in [1.82, 2.24) is 5.32 Å². The van der Waals surface area contributed by atoms with E-state index in [-0.39, 0.29) is 6.10 Å². The quantitative estimate of drug-likeness (QED) is 0.797. The van der Waals surface area contributed by atoms with Crippen molar-refractivity contribution in [2.24, 2.45) is 5.92 Å². The molecule has 1 aliphatic carbocycles. The fourth-order valence-electron chi connectivity index (χ4n) is 2.95. The molecule has 2 rings (SSSR count). The van der Waals surface area contributed by atoms with E-state index in [4.69, 9.17) is 4.74 Å². The van der Waals surface area contributed by atoms with Crippen LogP contribution in [0, 0.1) is 5.92 Å². The molecule has 0 heterocycles. The lowest BCUT2D eigenvalue weighted by molar-refractivity contribution is 0.242. The number of rotatable bonds is 5. The predicted molar refractivity (Wildman–Crippen MR) is 85.1 cm³/mol. The molecule has 2 nitrogen and oxygen atoms in total. The Balaban J connectivity index is 1.84. The Morgan fingerprint density at radius 1 is 1.20 bits per heavy atom. The van der Waals surface area contributed by atoms with Gasteiger partial charge in [0.05, 0.1) is 6.10 Å². The van der Waals surface area contributed by atoms with Gasteiger partial charge in [-0.25, -0.2) is 0 Å². The smallest absolute Gasteiger partial charge is 0.120 e. The topological polar surface area (TPSA) is 21.3 Å². The van der Waals surface area contributed by atoms with E-state index in [1.54, 1.807) is 0 Å². The van der Waals surface area contributed by atoms with Gasteiger partial charge in [-0.15, -0.1) is 0 Å². The lowest BCUT2D eigenvalue weighted by Gasteiger charge is -2.17. The Morgan fingerprint density at radius 3 is 2.85 bits per heavy atom. The third kappa shape index (κ3) is 5.16. The molecule has 1 aromatic carbocycles. The molecule has 20 heavy (non-hydrogen) atoms. The molecule has 0 radical (unpaired) electrons. The van der Waals surface area contributed by atoms with Crippen molar-refractivity contribution in [3.63, 3.8) is 0 Å². The van der Waals surface area contributed by atoms with Crippen LogP contribution in [-0.2, 0) is 6.54 Å². The summed E-state index contributed by atoms with van der Waals surface area (Å²) in [5.41, 5.74) is 1.32. The standard InChI is InChI=1S/C18H29NO/c1-14(2)20-18-9-5-7-16(12-18)13-19-17-8-4-6-15(3)10-11-17/h5,7,9,12,14-15,17,19H,4,6,8,10-11,13H2,1-3H3. The van der Waals surface area contributed by atoms with Gasteiger partial charge in [0.25, 0.3) is 0 Å². The molecule has 0 bridgehead atoms. The first kappa shape index (κ1) is 15.4. The van der Waals surface area contributed by atoms with Gasteiger partial charge >= 0.3 is 0 Å². The van der Waals surface area contributed by atoms with Gasteiger partial charge in [0.1, 0.15) is 5.75 Å². The van der Waals surface area contributed by atoms with Crippen molar-refractivity contribution in [2.75, 3.05) is 0 Å². The molecule has 0 spiro atoms. The first-order valence-electron chi connectivity index (χ1n) is 8.12. The fraction of sp³-hybridized carbons (Fsp3) is 0.667. The molecule has 1 saturated carbocycles. The zero-order chi connectivity index (χ0) is 14.4. The number of hydrogen-bond acceptors (Lipinski definition) is 2.